The number of benzene rings is 7. The van der Waals surface area contributed by atoms with Gasteiger partial charge in [0.2, 0.25) is 0 Å². The molecule has 0 saturated carbocycles. The molecule has 0 aliphatic rings. The summed E-state index contributed by atoms with van der Waals surface area (Å²) in [6.45, 7) is 0. The highest BCUT2D eigenvalue weighted by Gasteiger charge is 2.13. The molecule has 2 aromatic heterocycles. The van der Waals surface area contributed by atoms with Crippen molar-refractivity contribution in [2.24, 2.45) is 0 Å². The Balaban J connectivity index is 1.02. The molecule has 0 spiro atoms. The molecule has 2 heteroatoms. The lowest BCUT2D eigenvalue weighted by Crippen LogP contribution is -1.93. The Bertz CT molecular complexity index is 2170. The Hall–Kier alpha value is -5.86. The van der Waals surface area contributed by atoms with Crippen LogP contribution in [0.4, 0.5) is 0 Å². The Kier molecular flexibility index (Phi) is 5.54. The van der Waals surface area contributed by atoms with Crippen LogP contribution in [0.3, 0.4) is 0 Å². The van der Waals surface area contributed by atoms with Crippen LogP contribution in [0.5, 0.6) is 0 Å². The van der Waals surface area contributed by atoms with Crippen LogP contribution in [0.25, 0.3) is 77.2 Å². The molecule has 0 bridgehead atoms. The van der Waals surface area contributed by atoms with E-state index in [0.717, 1.165) is 0 Å². The van der Waals surface area contributed by atoms with Gasteiger partial charge in [-0.2, -0.15) is 0 Å². The van der Waals surface area contributed by atoms with Gasteiger partial charge in [0.15, 0.2) is 0 Å². The number of aromatic nitrogens is 2. The first-order chi connectivity index (χ1) is 21.8. The normalized spacial score (nSPS) is 11.6. The lowest BCUT2D eigenvalue weighted by molar-refractivity contribution is 1.18. The van der Waals surface area contributed by atoms with Crippen molar-refractivity contribution < 1.29 is 0 Å². The molecule has 0 aliphatic carbocycles. The monoisotopic (exact) mass is 560 g/mol. The fraction of sp³-hybridized carbons (Fsp3) is 0. The van der Waals surface area contributed by atoms with Crippen LogP contribution in [-0.4, -0.2) is 9.13 Å². The molecule has 2 heterocycles. The van der Waals surface area contributed by atoms with Crippen LogP contribution in [-0.2, 0) is 0 Å². The van der Waals surface area contributed by atoms with Crippen molar-refractivity contribution in [3.8, 4) is 33.6 Å². The molecular weight excluding hydrogens is 532 g/mol. The average molecular weight is 561 g/mol. The van der Waals surface area contributed by atoms with Crippen molar-refractivity contribution in [1.29, 1.82) is 0 Å². The topological polar surface area (TPSA) is 9.86 Å². The molecule has 9 aromatic rings. The van der Waals surface area contributed by atoms with Gasteiger partial charge in [-0.1, -0.05) is 121 Å². The molecule has 0 saturated heterocycles. The van der Waals surface area contributed by atoms with E-state index in [1.54, 1.807) is 0 Å². The van der Waals surface area contributed by atoms with E-state index in [0.29, 0.717) is 0 Å². The maximum absolute atomic E-state index is 2.36. The Morgan fingerprint density at radius 1 is 0.227 bits per heavy atom. The molecule has 0 aliphatic heterocycles. The zero-order chi connectivity index (χ0) is 29.0. The summed E-state index contributed by atoms with van der Waals surface area (Å²) < 4.78 is 4.72. The summed E-state index contributed by atoms with van der Waals surface area (Å²) in [7, 11) is 0. The van der Waals surface area contributed by atoms with E-state index in [1.165, 1.54) is 77.2 Å². The fourth-order valence-corrected chi connectivity index (χ4v) is 6.86. The van der Waals surface area contributed by atoms with Crippen molar-refractivity contribution in [2.75, 3.05) is 0 Å². The molecule has 0 N–H and O–H groups in total. The predicted octanol–water partition coefficient (Wildman–Crippen LogP) is 11.2. The molecule has 0 atom stereocenters. The molecule has 0 radical (unpaired) electrons. The fourth-order valence-electron chi connectivity index (χ4n) is 6.86. The molecule has 0 fully saturated rings. The largest absolute Gasteiger partial charge is 0.309 e. The molecule has 44 heavy (non-hydrogen) atoms. The molecule has 206 valence electrons. The summed E-state index contributed by atoms with van der Waals surface area (Å²) in [5.41, 5.74) is 12.1. The highest BCUT2D eigenvalue weighted by atomic mass is 15.0. The number of fused-ring (bicyclic) bond motifs is 6. The quantitative estimate of drug-likeness (QED) is 0.203. The molecular formula is C42H28N2. The lowest BCUT2D eigenvalue weighted by atomic mass is 10.00. The van der Waals surface area contributed by atoms with E-state index >= 15 is 0 Å². The smallest absolute Gasteiger partial charge is 0.0541 e. The van der Waals surface area contributed by atoms with Crippen molar-refractivity contribution in [2.45, 2.75) is 0 Å². The van der Waals surface area contributed by atoms with Crippen LogP contribution in [0.15, 0.2) is 170 Å². The minimum absolute atomic E-state index is 1.17. The minimum Gasteiger partial charge on any atom is -0.309 e. The van der Waals surface area contributed by atoms with Crippen LogP contribution in [0, 0.1) is 0 Å². The zero-order valence-electron chi connectivity index (χ0n) is 24.1. The summed E-state index contributed by atoms with van der Waals surface area (Å²) in [5.74, 6) is 0. The van der Waals surface area contributed by atoms with Crippen molar-refractivity contribution in [3.63, 3.8) is 0 Å². The third-order valence-corrected chi connectivity index (χ3v) is 8.96. The standard InChI is InChI=1S/C42H28N2/c1-5-13-39-35(9-1)36-10-2-6-14-40(36)43(39)33-25-21-31(22-26-33)29-17-19-30(20-18-29)32-23-27-34(28-24-32)44-41-15-7-3-11-37(41)38-12-4-8-16-42(38)44/h1-28H. The Morgan fingerprint density at radius 2 is 0.455 bits per heavy atom. The van der Waals surface area contributed by atoms with Gasteiger partial charge < -0.3 is 9.13 Å². The third-order valence-electron chi connectivity index (χ3n) is 8.96. The van der Waals surface area contributed by atoms with Crippen molar-refractivity contribution in [3.05, 3.63) is 170 Å². The summed E-state index contributed by atoms with van der Waals surface area (Å²) in [5, 5.41) is 5.13. The van der Waals surface area contributed by atoms with E-state index in [4.69, 9.17) is 0 Å². The van der Waals surface area contributed by atoms with Crippen LogP contribution in [0.2, 0.25) is 0 Å². The average Bonchev–Trinajstić information content (AvgIpc) is 3.62. The van der Waals surface area contributed by atoms with Crippen molar-refractivity contribution in [1.82, 2.24) is 9.13 Å². The number of para-hydroxylation sites is 4. The maximum Gasteiger partial charge on any atom is 0.0541 e. The summed E-state index contributed by atoms with van der Waals surface area (Å²) in [6.07, 6.45) is 0. The highest BCUT2D eigenvalue weighted by molar-refractivity contribution is 6.10. The number of hydrogen-bond donors (Lipinski definition) is 0. The summed E-state index contributed by atoms with van der Waals surface area (Å²) in [6, 6.07) is 61.4. The first kappa shape index (κ1) is 24.7. The lowest BCUT2D eigenvalue weighted by Gasteiger charge is -2.11. The molecule has 0 unspecified atom stereocenters. The second kappa shape index (κ2) is 9.86. The Labute approximate surface area is 255 Å². The highest BCUT2D eigenvalue weighted by Crippen LogP contribution is 2.34. The number of nitrogens with zero attached hydrogens (tertiary/aromatic N) is 2. The van der Waals surface area contributed by atoms with Gasteiger partial charge in [-0.3, -0.25) is 0 Å². The van der Waals surface area contributed by atoms with Gasteiger partial charge >= 0.3 is 0 Å². The number of hydrogen-bond acceptors (Lipinski definition) is 0. The second-order valence-electron chi connectivity index (χ2n) is 11.4. The number of rotatable bonds is 4. The molecule has 0 amide bonds. The van der Waals surface area contributed by atoms with Crippen LogP contribution >= 0.6 is 0 Å². The van der Waals surface area contributed by atoms with Gasteiger partial charge in [0.1, 0.15) is 0 Å². The summed E-state index contributed by atoms with van der Waals surface area (Å²) >= 11 is 0. The molecule has 7 aromatic carbocycles. The van der Waals surface area contributed by atoms with Gasteiger partial charge in [0, 0.05) is 32.9 Å². The van der Waals surface area contributed by atoms with E-state index < -0.39 is 0 Å². The zero-order valence-corrected chi connectivity index (χ0v) is 24.1. The van der Waals surface area contributed by atoms with Gasteiger partial charge in [-0.15, -0.1) is 0 Å². The summed E-state index contributed by atoms with van der Waals surface area (Å²) in [4.78, 5) is 0. The molecule has 9 rings (SSSR count). The van der Waals surface area contributed by atoms with Gasteiger partial charge in [-0.05, 0) is 70.8 Å². The van der Waals surface area contributed by atoms with E-state index in [-0.39, 0.29) is 0 Å². The van der Waals surface area contributed by atoms with Crippen LogP contribution in [0.1, 0.15) is 0 Å². The predicted molar refractivity (Wildman–Crippen MR) is 186 cm³/mol. The van der Waals surface area contributed by atoms with Crippen molar-refractivity contribution >= 4 is 43.6 Å². The Morgan fingerprint density at radius 3 is 0.727 bits per heavy atom. The minimum atomic E-state index is 1.17. The second-order valence-corrected chi connectivity index (χ2v) is 11.4. The molecule has 2 nitrogen and oxygen atoms in total. The van der Waals surface area contributed by atoms with E-state index in [1.807, 2.05) is 0 Å². The van der Waals surface area contributed by atoms with Gasteiger partial charge in [0.05, 0.1) is 22.1 Å². The first-order valence-corrected chi connectivity index (χ1v) is 15.1. The first-order valence-electron chi connectivity index (χ1n) is 15.1. The maximum atomic E-state index is 2.36. The van der Waals surface area contributed by atoms with Crippen LogP contribution < -0.4 is 0 Å². The van der Waals surface area contributed by atoms with Gasteiger partial charge in [0.25, 0.3) is 0 Å². The SMILES string of the molecule is c1ccc2c(c1)c1ccccc1n2-c1ccc(-c2ccc(-c3ccc(-n4c5ccccc5c5ccccc54)cc3)cc2)cc1. The third kappa shape index (κ3) is 3.82. The van der Waals surface area contributed by atoms with E-state index in [9.17, 15) is 0 Å². The van der Waals surface area contributed by atoms with Gasteiger partial charge in [-0.25, -0.2) is 0 Å². The van der Waals surface area contributed by atoms with E-state index in [2.05, 4.69) is 179 Å².